The minimum Gasteiger partial charge on any atom is -0.497 e. The molecule has 2 aromatic carbocycles. The zero-order valence-electron chi connectivity index (χ0n) is 14.5. The van der Waals surface area contributed by atoms with Gasteiger partial charge in [0.05, 0.1) is 22.7 Å². The normalized spacial score (nSPS) is 10.4. The molecule has 27 heavy (non-hydrogen) atoms. The largest absolute Gasteiger partial charge is 0.497 e. The summed E-state index contributed by atoms with van der Waals surface area (Å²) in [5.74, 6) is 0.448. The third-order valence-electron chi connectivity index (χ3n) is 3.88. The lowest BCUT2D eigenvalue weighted by molar-refractivity contribution is -0.384. The predicted molar refractivity (Wildman–Crippen MR) is 103 cm³/mol. The Morgan fingerprint density at radius 1 is 1.26 bits per heavy atom. The van der Waals surface area contributed by atoms with Gasteiger partial charge in [-0.1, -0.05) is 6.07 Å². The Kier molecular flexibility index (Phi) is 5.77. The van der Waals surface area contributed by atoms with Crippen LogP contribution in [0.25, 0.3) is 11.3 Å². The number of rotatable bonds is 7. The monoisotopic (exact) mass is 383 g/mol. The van der Waals surface area contributed by atoms with Crippen molar-refractivity contribution in [1.82, 2.24) is 10.3 Å². The van der Waals surface area contributed by atoms with Crippen LogP contribution in [0, 0.1) is 10.1 Å². The van der Waals surface area contributed by atoms with Crippen LogP contribution in [0.15, 0.2) is 53.9 Å². The van der Waals surface area contributed by atoms with E-state index in [9.17, 15) is 14.9 Å². The number of nitro groups is 1. The number of non-ortho nitro benzene ring substituents is 1. The van der Waals surface area contributed by atoms with Gasteiger partial charge in [0.1, 0.15) is 5.75 Å². The minimum absolute atomic E-state index is 0.105. The first kappa shape index (κ1) is 18.5. The fourth-order valence-electron chi connectivity index (χ4n) is 2.47. The number of carbonyl (C=O) groups excluding carboxylic acids is 1. The highest BCUT2D eigenvalue weighted by atomic mass is 32.1. The molecule has 0 saturated heterocycles. The maximum absolute atomic E-state index is 12.1. The Labute approximate surface area is 159 Å². The highest BCUT2D eigenvalue weighted by Gasteiger charge is 2.11. The van der Waals surface area contributed by atoms with Crippen molar-refractivity contribution < 1.29 is 14.5 Å². The van der Waals surface area contributed by atoms with Gasteiger partial charge < -0.3 is 10.1 Å². The van der Waals surface area contributed by atoms with Crippen molar-refractivity contribution in [2.45, 2.75) is 6.42 Å². The van der Waals surface area contributed by atoms with E-state index in [4.69, 9.17) is 4.74 Å². The number of amides is 1. The van der Waals surface area contributed by atoms with Crippen LogP contribution in [0.2, 0.25) is 0 Å². The van der Waals surface area contributed by atoms with E-state index in [0.717, 1.165) is 22.0 Å². The number of carbonyl (C=O) groups is 1. The predicted octanol–water partition coefficient (Wildman–Crippen LogP) is 3.70. The van der Waals surface area contributed by atoms with Crippen LogP contribution in [0.1, 0.15) is 15.4 Å². The number of nitro benzene ring substituents is 1. The van der Waals surface area contributed by atoms with E-state index in [2.05, 4.69) is 10.3 Å². The first-order valence-electron chi connectivity index (χ1n) is 8.18. The summed E-state index contributed by atoms with van der Waals surface area (Å²) in [6.45, 7) is 0.400. The van der Waals surface area contributed by atoms with Crippen molar-refractivity contribution in [3.05, 3.63) is 74.6 Å². The summed E-state index contributed by atoms with van der Waals surface area (Å²) in [5.41, 5.74) is 2.04. The van der Waals surface area contributed by atoms with Crippen molar-refractivity contribution in [3.8, 4) is 17.0 Å². The maximum Gasteiger partial charge on any atom is 0.270 e. The Bertz CT molecular complexity index is 954. The van der Waals surface area contributed by atoms with Crippen molar-refractivity contribution in [2.24, 2.45) is 0 Å². The standard InChI is InChI=1S/C19H17N3O4S/c1-26-16-7-5-13(6-8-16)17-12-27-18(21-17)9-10-20-19(23)14-3-2-4-15(11-14)22(24)25/h2-8,11-12H,9-10H2,1H3,(H,20,23). The second kappa shape index (κ2) is 8.41. The van der Waals surface area contributed by atoms with Crippen LogP contribution in [0.5, 0.6) is 5.75 Å². The molecular formula is C19H17N3O4S. The van der Waals surface area contributed by atoms with Gasteiger partial charge in [-0.3, -0.25) is 14.9 Å². The fraction of sp³-hybridized carbons (Fsp3) is 0.158. The Balaban J connectivity index is 1.56. The molecule has 138 valence electrons. The number of benzene rings is 2. The number of hydrogen-bond donors (Lipinski definition) is 1. The molecular weight excluding hydrogens is 366 g/mol. The van der Waals surface area contributed by atoms with Gasteiger partial charge in [-0.2, -0.15) is 0 Å². The zero-order chi connectivity index (χ0) is 19.2. The molecule has 0 saturated carbocycles. The Morgan fingerprint density at radius 3 is 2.74 bits per heavy atom. The molecule has 3 aromatic rings. The summed E-state index contributed by atoms with van der Waals surface area (Å²) in [6.07, 6.45) is 0.585. The summed E-state index contributed by atoms with van der Waals surface area (Å²) in [4.78, 5) is 27.0. The van der Waals surface area contributed by atoms with E-state index in [1.54, 1.807) is 13.2 Å². The average molecular weight is 383 g/mol. The van der Waals surface area contributed by atoms with Gasteiger partial charge in [0.2, 0.25) is 0 Å². The zero-order valence-corrected chi connectivity index (χ0v) is 15.4. The molecule has 0 spiro atoms. The van der Waals surface area contributed by atoms with Gasteiger partial charge in [0, 0.05) is 41.6 Å². The Hall–Kier alpha value is -3.26. The van der Waals surface area contributed by atoms with Crippen LogP contribution < -0.4 is 10.1 Å². The smallest absolute Gasteiger partial charge is 0.270 e. The third kappa shape index (κ3) is 4.68. The summed E-state index contributed by atoms with van der Waals surface area (Å²) >= 11 is 1.53. The van der Waals surface area contributed by atoms with Crippen LogP contribution in [0.3, 0.4) is 0 Å². The first-order valence-corrected chi connectivity index (χ1v) is 9.06. The number of nitrogens with zero attached hydrogens (tertiary/aromatic N) is 2. The van der Waals surface area contributed by atoms with Gasteiger partial charge in [-0.15, -0.1) is 11.3 Å². The second-order valence-corrected chi connectivity index (χ2v) is 6.61. The second-order valence-electron chi connectivity index (χ2n) is 5.67. The van der Waals surface area contributed by atoms with E-state index in [-0.39, 0.29) is 17.2 Å². The molecule has 0 radical (unpaired) electrons. The highest BCUT2D eigenvalue weighted by Crippen LogP contribution is 2.24. The lowest BCUT2D eigenvalue weighted by Gasteiger charge is -2.04. The fourth-order valence-corrected chi connectivity index (χ4v) is 3.27. The molecule has 7 nitrogen and oxygen atoms in total. The minimum atomic E-state index is -0.521. The number of methoxy groups -OCH3 is 1. The lowest BCUT2D eigenvalue weighted by Crippen LogP contribution is -2.25. The van der Waals surface area contributed by atoms with Crippen molar-refractivity contribution >= 4 is 22.9 Å². The summed E-state index contributed by atoms with van der Waals surface area (Å²) in [7, 11) is 1.62. The molecule has 1 amide bonds. The van der Waals surface area contributed by atoms with Gasteiger partial charge in [0.15, 0.2) is 0 Å². The molecule has 0 atom stereocenters. The molecule has 0 aliphatic rings. The van der Waals surface area contributed by atoms with Crippen molar-refractivity contribution in [1.29, 1.82) is 0 Å². The van der Waals surface area contributed by atoms with E-state index < -0.39 is 4.92 Å². The van der Waals surface area contributed by atoms with Crippen LogP contribution >= 0.6 is 11.3 Å². The van der Waals surface area contributed by atoms with Crippen LogP contribution in [0.4, 0.5) is 5.69 Å². The Morgan fingerprint density at radius 2 is 2.04 bits per heavy atom. The molecule has 3 rings (SSSR count). The molecule has 0 fully saturated rings. The van der Waals surface area contributed by atoms with Crippen molar-refractivity contribution in [3.63, 3.8) is 0 Å². The van der Waals surface area contributed by atoms with Gasteiger partial charge in [-0.05, 0) is 30.3 Å². The average Bonchev–Trinajstić information content (AvgIpc) is 3.17. The molecule has 0 bridgehead atoms. The topological polar surface area (TPSA) is 94.4 Å². The SMILES string of the molecule is COc1ccc(-c2csc(CCNC(=O)c3cccc([N+](=O)[O-])c3)n2)cc1. The highest BCUT2D eigenvalue weighted by molar-refractivity contribution is 7.09. The third-order valence-corrected chi connectivity index (χ3v) is 4.79. The number of ether oxygens (including phenoxy) is 1. The molecule has 8 heteroatoms. The quantitative estimate of drug-likeness (QED) is 0.496. The first-order chi connectivity index (χ1) is 13.1. The summed E-state index contributed by atoms with van der Waals surface area (Å²) in [5, 5.41) is 16.4. The number of hydrogen-bond acceptors (Lipinski definition) is 6. The van der Waals surface area contributed by atoms with Crippen LogP contribution in [-0.2, 0) is 6.42 Å². The van der Waals surface area contributed by atoms with E-state index in [1.807, 2.05) is 29.6 Å². The van der Waals surface area contributed by atoms with E-state index in [0.29, 0.717) is 13.0 Å². The number of thiazole rings is 1. The van der Waals surface area contributed by atoms with E-state index >= 15 is 0 Å². The van der Waals surface area contributed by atoms with Crippen LogP contribution in [-0.4, -0.2) is 29.5 Å². The molecule has 1 aromatic heterocycles. The molecule has 0 unspecified atom stereocenters. The number of nitrogens with one attached hydrogen (secondary N) is 1. The molecule has 1 heterocycles. The summed E-state index contributed by atoms with van der Waals surface area (Å²) < 4.78 is 5.15. The van der Waals surface area contributed by atoms with Gasteiger partial charge in [0.25, 0.3) is 11.6 Å². The lowest BCUT2D eigenvalue weighted by atomic mass is 10.2. The maximum atomic E-state index is 12.1. The summed E-state index contributed by atoms with van der Waals surface area (Å²) in [6, 6.07) is 13.3. The van der Waals surface area contributed by atoms with Crippen molar-refractivity contribution in [2.75, 3.05) is 13.7 Å². The molecule has 1 N–H and O–H groups in total. The molecule has 0 aliphatic heterocycles. The number of aromatic nitrogens is 1. The molecule has 0 aliphatic carbocycles. The van der Waals surface area contributed by atoms with E-state index in [1.165, 1.54) is 29.5 Å². The van der Waals surface area contributed by atoms with Gasteiger partial charge >= 0.3 is 0 Å². The van der Waals surface area contributed by atoms with Gasteiger partial charge in [-0.25, -0.2) is 4.98 Å².